The molecule has 13 nitrogen and oxygen atoms in total. The summed E-state index contributed by atoms with van der Waals surface area (Å²) in [6.45, 7) is 7.76. The van der Waals surface area contributed by atoms with Crippen molar-refractivity contribution >= 4 is 24.1 Å². The van der Waals surface area contributed by atoms with Gasteiger partial charge in [-0.1, -0.05) is 39.7 Å². The predicted octanol–water partition coefficient (Wildman–Crippen LogP) is 2.40. The van der Waals surface area contributed by atoms with Gasteiger partial charge >= 0.3 is 17.6 Å². The minimum Gasteiger partial charge on any atom is -0.462 e. The van der Waals surface area contributed by atoms with E-state index in [4.69, 9.17) is 14.2 Å². The Balaban J connectivity index is 2.49. The van der Waals surface area contributed by atoms with E-state index in [1.165, 1.54) is 23.2 Å². The Labute approximate surface area is 197 Å². The smallest absolute Gasteiger partial charge is 0.351 e. The highest BCUT2D eigenvalue weighted by atomic mass is 16.6. The maximum atomic E-state index is 12.8. The highest BCUT2D eigenvalue weighted by molar-refractivity contribution is 5.72. The number of esters is 2. The Morgan fingerprint density at radius 1 is 1.32 bits per heavy atom. The molecule has 0 saturated carbocycles. The molecular formula is C21H31N7O6. The quantitative estimate of drug-likeness (QED) is 0.131. The third kappa shape index (κ3) is 6.12. The number of hydrogen-bond acceptors (Lipinski definition) is 9. The first-order valence-electron chi connectivity index (χ1n) is 10.8. The van der Waals surface area contributed by atoms with Gasteiger partial charge in [0.05, 0.1) is 18.2 Å². The molecule has 0 aromatic carbocycles. The fraction of sp³-hybridized carbons (Fsp3) is 0.667. The molecule has 2 rings (SSSR count). The van der Waals surface area contributed by atoms with Gasteiger partial charge in [0, 0.05) is 31.1 Å². The maximum Gasteiger partial charge on any atom is 0.351 e. The second kappa shape index (κ2) is 11.1. The Morgan fingerprint density at radius 2 is 1.97 bits per heavy atom. The fourth-order valence-corrected chi connectivity index (χ4v) is 3.20. The van der Waals surface area contributed by atoms with Crippen molar-refractivity contribution in [2.75, 3.05) is 20.7 Å². The van der Waals surface area contributed by atoms with Gasteiger partial charge in [-0.05, 0) is 11.6 Å². The van der Waals surface area contributed by atoms with Gasteiger partial charge in [-0.3, -0.25) is 14.2 Å². The van der Waals surface area contributed by atoms with Gasteiger partial charge in [-0.15, -0.1) is 0 Å². The Hall–Kier alpha value is -3.44. The zero-order valence-electron chi connectivity index (χ0n) is 20.4. The van der Waals surface area contributed by atoms with Crippen LogP contribution in [0.5, 0.6) is 0 Å². The van der Waals surface area contributed by atoms with Crippen LogP contribution in [0, 0.1) is 17.8 Å². The second-order valence-corrected chi connectivity index (χ2v) is 8.86. The number of hydrogen-bond donors (Lipinski definition) is 0. The van der Waals surface area contributed by atoms with Gasteiger partial charge < -0.3 is 19.1 Å². The van der Waals surface area contributed by atoms with Crippen molar-refractivity contribution in [1.82, 2.24) is 14.5 Å². The van der Waals surface area contributed by atoms with Gasteiger partial charge in [0.1, 0.15) is 18.9 Å². The molecule has 34 heavy (non-hydrogen) atoms. The molecule has 1 aromatic rings. The number of aromatic nitrogens is 2. The molecule has 0 spiro atoms. The summed E-state index contributed by atoms with van der Waals surface area (Å²) in [5, 5.41) is 3.74. The van der Waals surface area contributed by atoms with E-state index in [0.29, 0.717) is 0 Å². The van der Waals surface area contributed by atoms with E-state index in [1.54, 1.807) is 53.6 Å². The van der Waals surface area contributed by atoms with Gasteiger partial charge in [0.2, 0.25) is 5.72 Å². The molecule has 1 aliphatic rings. The molecular weight excluding hydrogens is 446 g/mol. The van der Waals surface area contributed by atoms with E-state index in [2.05, 4.69) is 20.0 Å². The van der Waals surface area contributed by atoms with Crippen molar-refractivity contribution in [2.45, 2.75) is 52.7 Å². The molecule has 0 N–H and O–H groups in total. The molecule has 0 unspecified atom stereocenters. The van der Waals surface area contributed by atoms with Crippen LogP contribution in [0.15, 0.2) is 27.2 Å². The monoisotopic (exact) mass is 477 g/mol. The summed E-state index contributed by atoms with van der Waals surface area (Å²) in [6, 6.07) is 1.51. The van der Waals surface area contributed by atoms with Crippen molar-refractivity contribution in [1.29, 1.82) is 0 Å². The van der Waals surface area contributed by atoms with Crippen LogP contribution in [0.1, 0.15) is 40.8 Å². The number of azide groups is 1. The van der Waals surface area contributed by atoms with Crippen molar-refractivity contribution in [3.63, 3.8) is 0 Å². The summed E-state index contributed by atoms with van der Waals surface area (Å²) in [4.78, 5) is 49.9. The Bertz CT molecular complexity index is 1030. The van der Waals surface area contributed by atoms with Crippen molar-refractivity contribution in [3.8, 4) is 0 Å². The van der Waals surface area contributed by atoms with Crippen LogP contribution in [-0.4, -0.2) is 65.3 Å². The Kier molecular flexibility index (Phi) is 8.77. The molecule has 13 heteroatoms. The third-order valence-electron chi connectivity index (χ3n) is 5.03. The van der Waals surface area contributed by atoms with Crippen molar-refractivity contribution < 1.29 is 23.8 Å². The van der Waals surface area contributed by atoms with Crippen LogP contribution in [0.25, 0.3) is 10.4 Å². The van der Waals surface area contributed by atoms with E-state index in [0.717, 1.165) is 0 Å². The summed E-state index contributed by atoms with van der Waals surface area (Å²) in [7, 11) is 3.55. The molecule has 1 fully saturated rings. The number of ether oxygens (including phenoxy) is 3. The zero-order valence-corrected chi connectivity index (χ0v) is 20.4. The van der Waals surface area contributed by atoms with E-state index in [1.807, 2.05) is 0 Å². The average molecular weight is 478 g/mol. The van der Waals surface area contributed by atoms with E-state index < -0.39 is 60.0 Å². The zero-order chi connectivity index (χ0) is 25.6. The molecule has 1 saturated heterocycles. The summed E-state index contributed by atoms with van der Waals surface area (Å²) in [5.41, 5.74) is 6.71. The van der Waals surface area contributed by atoms with E-state index in [9.17, 15) is 19.9 Å². The number of aliphatic imine (C=N–C) groups is 1. The Morgan fingerprint density at radius 3 is 2.50 bits per heavy atom. The van der Waals surface area contributed by atoms with Crippen molar-refractivity contribution in [2.24, 2.45) is 27.9 Å². The SMILES string of the molecule is CC(C)C(=O)OC[C@@]1(N=[N+]=[N-])O[C@@H](n2ccc(/N=C/N(C)C)nc2=O)[C@@H](C)[C@@H]1OC(=O)C(C)C. The summed E-state index contributed by atoms with van der Waals surface area (Å²) in [6.07, 6.45) is 0.770. The first-order chi connectivity index (χ1) is 15.9. The number of rotatable bonds is 9. The second-order valence-electron chi connectivity index (χ2n) is 8.86. The number of carbonyl (C=O) groups excluding carboxylic acids is 2. The summed E-state index contributed by atoms with van der Waals surface area (Å²) in [5.74, 6) is -2.52. The molecule has 0 radical (unpaired) electrons. The standard InChI is InChI=1S/C21H31N7O6/c1-12(2)18(29)32-10-21(25-26-22)16(33-19(30)13(3)4)14(5)17(34-21)28-9-8-15(24-20(28)31)23-11-27(6)7/h8-9,11-14,16-17H,10H2,1-7H3/b23-11+/t14-,16-,17+,21+/m0/s1. The fourth-order valence-electron chi connectivity index (χ4n) is 3.20. The van der Waals surface area contributed by atoms with Crippen LogP contribution >= 0.6 is 0 Å². The van der Waals surface area contributed by atoms with Gasteiger partial charge in [-0.2, -0.15) is 4.98 Å². The van der Waals surface area contributed by atoms with Gasteiger partial charge in [-0.25, -0.2) is 9.79 Å². The van der Waals surface area contributed by atoms with Crippen LogP contribution in [0.2, 0.25) is 0 Å². The minimum absolute atomic E-state index is 0.190. The topological polar surface area (TPSA) is 161 Å². The third-order valence-corrected chi connectivity index (χ3v) is 5.03. The molecule has 4 atom stereocenters. The number of carbonyl (C=O) groups is 2. The lowest BCUT2D eigenvalue weighted by atomic mass is 9.97. The van der Waals surface area contributed by atoms with Crippen LogP contribution in [-0.2, 0) is 23.8 Å². The van der Waals surface area contributed by atoms with Crippen LogP contribution < -0.4 is 5.69 Å². The molecule has 2 heterocycles. The largest absolute Gasteiger partial charge is 0.462 e. The molecule has 1 aromatic heterocycles. The molecule has 0 aliphatic carbocycles. The first-order valence-corrected chi connectivity index (χ1v) is 10.8. The van der Waals surface area contributed by atoms with Crippen LogP contribution in [0.3, 0.4) is 0 Å². The van der Waals surface area contributed by atoms with E-state index >= 15 is 0 Å². The first kappa shape index (κ1) is 26.8. The van der Waals surface area contributed by atoms with Gasteiger partial charge in [0.15, 0.2) is 5.82 Å². The lowest BCUT2D eigenvalue weighted by Gasteiger charge is -2.30. The van der Waals surface area contributed by atoms with E-state index in [-0.39, 0.29) is 5.82 Å². The average Bonchev–Trinajstić information content (AvgIpc) is 3.02. The van der Waals surface area contributed by atoms with Gasteiger partial charge in [0.25, 0.3) is 0 Å². The lowest BCUT2D eigenvalue weighted by molar-refractivity contribution is -0.180. The highest BCUT2D eigenvalue weighted by Crippen LogP contribution is 2.44. The number of nitrogens with zero attached hydrogens (tertiary/aromatic N) is 7. The molecule has 0 amide bonds. The summed E-state index contributed by atoms with van der Waals surface area (Å²) < 4.78 is 18.2. The minimum atomic E-state index is -1.88. The predicted molar refractivity (Wildman–Crippen MR) is 122 cm³/mol. The molecule has 1 aliphatic heterocycles. The lowest BCUT2D eigenvalue weighted by Crippen LogP contribution is -2.47. The summed E-state index contributed by atoms with van der Waals surface area (Å²) >= 11 is 0. The molecule has 0 bridgehead atoms. The normalized spacial score (nSPS) is 24.3. The van der Waals surface area contributed by atoms with Crippen molar-refractivity contribution in [3.05, 3.63) is 33.2 Å². The molecule has 186 valence electrons. The van der Waals surface area contributed by atoms with Crippen LogP contribution in [0.4, 0.5) is 5.82 Å². The highest BCUT2D eigenvalue weighted by Gasteiger charge is 2.57. The maximum absolute atomic E-state index is 12.8.